The minimum atomic E-state index is 0.0324. The van der Waals surface area contributed by atoms with E-state index in [0.29, 0.717) is 38.5 Å². The molecule has 2 heterocycles. The number of benzene rings is 2. The van der Waals surface area contributed by atoms with Crippen LogP contribution >= 0.6 is 23.4 Å². The Kier molecular flexibility index (Phi) is 5.31. The zero-order valence-corrected chi connectivity index (χ0v) is 17.7. The lowest BCUT2D eigenvalue weighted by Gasteiger charge is -2.18. The topological polar surface area (TPSA) is 73.8 Å². The number of rotatable bonds is 5. The fourth-order valence-corrected chi connectivity index (χ4v) is 4.90. The molecular weight excluding hydrogens is 420 g/mol. The molecule has 6 nitrogen and oxygen atoms in total. The van der Waals surface area contributed by atoms with E-state index in [1.165, 1.54) is 11.8 Å². The summed E-state index contributed by atoms with van der Waals surface area (Å²) in [6.07, 6.45) is 4.31. The van der Waals surface area contributed by atoms with E-state index in [0.717, 1.165) is 31.2 Å². The Hall–Kier alpha value is -2.64. The van der Waals surface area contributed by atoms with E-state index in [1.807, 2.05) is 41.0 Å². The van der Waals surface area contributed by atoms with Gasteiger partial charge >= 0.3 is 0 Å². The Morgan fingerprint density at radius 2 is 1.83 bits per heavy atom. The highest BCUT2D eigenvalue weighted by Crippen LogP contribution is 2.33. The maximum atomic E-state index is 13.2. The van der Waals surface area contributed by atoms with Crippen LogP contribution in [-0.4, -0.2) is 19.7 Å². The zero-order valence-electron chi connectivity index (χ0n) is 16.1. The molecule has 0 radical (unpaired) electrons. The number of hydrogen-bond acceptors (Lipinski definition) is 6. The van der Waals surface area contributed by atoms with Crippen LogP contribution in [-0.2, 0) is 5.75 Å². The molecule has 0 aliphatic heterocycles. The molecule has 5 rings (SSSR count). The van der Waals surface area contributed by atoms with Gasteiger partial charge in [-0.3, -0.25) is 9.36 Å². The van der Waals surface area contributed by atoms with Gasteiger partial charge in [-0.25, -0.2) is 4.98 Å². The predicted molar refractivity (Wildman–Crippen MR) is 118 cm³/mol. The molecule has 0 unspecified atom stereocenters. The van der Waals surface area contributed by atoms with Crippen molar-refractivity contribution in [3.8, 4) is 11.5 Å². The third kappa shape index (κ3) is 3.75. The van der Waals surface area contributed by atoms with Gasteiger partial charge in [-0.2, -0.15) is 4.98 Å². The van der Waals surface area contributed by atoms with Crippen molar-refractivity contribution in [2.24, 2.45) is 0 Å². The summed E-state index contributed by atoms with van der Waals surface area (Å²) >= 11 is 7.41. The van der Waals surface area contributed by atoms with Crippen molar-refractivity contribution in [3.05, 3.63) is 69.7 Å². The van der Waals surface area contributed by atoms with Crippen molar-refractivity contribution in [2.45, 2.75) is 42.6 Å². The quantitative estimate of drug-likeness (QED) is 0.302. The molecule has 0 N–H and O–H groups in total. The summed E-state index contributed by atoms with van der Waals surface area (Å²) in [7, 11) is 0. The van der Waals surface area contributed by atoms with E-state index in [2.05, 4.69) is 10.1 Å². The first kappa shape index (κ1) is 19.3. The molecule has 2 aromatic carbocycles. The molecule has 4 aromatic rings. The van der Waals surface area contributed by atoms with E-state index >= 15 is 0 Å². The Labute approximate surface area is 182 Å². The first-order chi connectivity index (χ1) is 14.7. The van der Waals surface area contributed by atoms with Gasteiger partial charge in [0.25, 0.3) is 11.4 Å². The molecule has 8 heteroatoms. The number of para-hydroxylation sites is 1. The van der Waals surface area contributed by atoms with Gasteiger partial charge in [-0.1, -0.05) is 53.5 Å². The molecule has 1 fully saturated rings. The van der Waals surface area contributed by atoms with Crippen LogP contribution in [0.1, 0.15) is 37.5 Å². The van der Waals surface area contributed by atoms with Crippen molar-refractivity contribution in [2.75, 3.05) is 0 Å². The largest absolute Gasteiger partial charge is 0.334 e. The number of aromatic nitrogens is 4. The van der Waals surface area contributed by atoms with Gasteiger partial charge in [0, 0.05) is 16.6 Å². The summed E-state index contributed by atoms with van der Waals surface area (Å²) < 4.78 is 7.27. The van der Waals surface area contributed by atoms with E-state index in [4.69, 9.17) is 21.1 Å². The minimum Gasteiger partial charge on any atom is -0.334 e. The second kappa shape index (κ2) is 8.24. The zero-order chi connectivity index (χ0) is 20.5. The number of hydrogen-bond donors (Lipinski definition) is 0. The molecule has 1 saturated carbocycles. The second-order valence-electron chi connectivity index (χ2n) is 7.34. The lowest BCUT2D eigenvalue weighted by molar-refractivity contribution is 0.425. The lowest BCUT2D eigenvalue weighted by atomic mass is 10.2. The predicted octanol–water partition coefficient (Wildman–Crippen LogP) is 5.51. The Bertz CT molecular complexity index is 1250. The summed E-state index contributed by atoms with van der Waals surface area (Å²) in [5.41, 5.74) is 1.56. The molecule has 0 amide bonds. The number of halogens is 1. The van der Waals surface area contributed by atoms with Crippen molar-refractivity contribution in [1.29, 1.82) is 0 Å². The van der Waals surface area contributed by atoms with Gasteiger partial charge in [0.15, 0.2) is 11.0 Å². The van der Waals surface area contributed by atoms with Crippen LogP contribution in [0.3, 0.4) is 0 Å². The molecule has 30 heavy (non-hydrogen) atoms. The highest BCUT2D eigenvalue weighted by atomic mass is 35.5. The van der Waals surface area contributed by atoms with Gasteiger partial charge in [0.2, 0.25) is 0 Å². The number of thioether (sulfide) groups is 1. The van der Waals surface area contributed by atoms with E-state index in [9.17, 15) is 4.79 Å². The smallest absolute Gasteiger partial charge is 0.262 e. The minimum absolute atomic E-state index is 0.0324. The van der Waals surface area contributed by atoms with Crippen LogP contribution in [0, 0.1) is 0 Å². The van der Waals surface area contributed by atoms with Crippen LogP contribution in [0.5, 0.6) is 0 Å². The van der Waals surface area contributed by atoms with Crippen molar-refractivity contribution in [1.82, 2.24) is 19.7 Å². The fraction of sp³-hybridized carbons (Fsp3) is 0.273. The molecule has 0 atom stereocenters. The third-order valence-corrected chi connectivity index (χ3v) is 6.56. The molecule has 1 aliphatic rings. The van der Waals surface area contributed by atoms with E-state index < -0.39 is 0 Å². The summed E-state index contributed by atoms with van der Waals surface area (Å²) in [4.78, 5) is 22.5. The molecule has 0 saturated heterocycles. The molecule has 152 valence electrons. The molecule has 0 bridgehead atoms. The van der Waals surface area contributed by atoms with Crippen LogP contribution in [0.25, 0.3) is 22.4 Å². The van der Waals surface area contributed by atoms with Crippen LogP contribution < -0.4 is 5.56 Å². The highest BCUT2D eigenvalue weighted by Gasteiger charge is 2.23. The standard InChI is InChI=1S/C22H19ClN4O2S/c23-15-11-9-14(10-12-15)20-25-19(26-29-20)13-30-22-24-18-8-4-3-7-17(18)21(28)27(22)16-5-1-2-6-16/h3-4,7-12,16H,1-2,5-6,13H2. The molecule has 1 aliphatic carbocycles. The first-order valence-corrected chi connectivity index (χ1v) is 11.3. The summed E-state index contributed by atoms with van der Waals surface area (Å²) in [5.74, 6) is 1.47. The van der Waals surface area contributed by atoms with Gasteiger partial charge < -0.3 is 4.52 Å². The van der Waals surface area contributed by atoms with Crippen molar-refractivity contribution in [3.63, 3.8) is 0 Å². The Morgan fingerprint density at radius 3 is 2.63 bits per heavy atom. The lowest BCUT2D eigenvalue weighted by Crippen LogP contribution is -2.26. The third-order valence-electron chi connectivity index (χ3n) is 5.35. The summed E-state index contributed by atoms with van der Waals surface area (Å²) in [5, 5.41) is 6.12. The Balaban J connectivity index is 1.44. The Morgan fingerprint density at radius 1 is 1.07 bits per heavy atom. The van der Waals surface area contributed by atoms with Gasteiger partial charge in [-0.05, 0) is 49.2 Å². The average Bonchev–Trinajstić information content (AvgIpc) is 3.45. The first-order valence-electron chi connectivity index (χ1n) is 9.91. The molecular formula is C22H19ClN4O2S. The van der Waals surface area contributed by atoms with Crippen LogP contribution in [0.2, 0.25) is 5.02 Å². The van der Waals surface area contributed by atoms with Crippen molar-refractivity contribution < 1.29 is 4.52 Å². The van der Waals surface area contributed by atoms with Gasteiger partial charge in [0.1, 0.15) is 0 Å². The average molecular weight is 439 g/mol. The SMILES string of the molecule is O=c1c2ccccc2nc(SCc2noc(-c3ccc(Cl)cc3)n2)n1C1CCCC1. The maximum Gasteiger partial charge on any atom is 0.262 e. The van der Waals surface area contributed by atoms with E-state index in [-0.39, 0.29) is 11.6 Å². The van der Waals surface area contributed by atoms with Gasteiger partial charge in [-0.15, -0.1) is 0 Å². The number of fused-ring (bicyclic) bond motifs is 1. The summed E-state index contributed by atoms with van der Waals surface area (Å²) in [6.45, 7) is 0. The van der Waals surface area contributed by atoms with Crippen LogP contribution in [0.15, 0.2) is 63.0 Å². The highest BCUT2D eigenvalue weighted by molar-refractivity contribution is 7.98. The van der Waals surface area contributed by atoms with Gasteiger partial charge in [0.05, 0.1) is 16.7 Å². The maximum absolute atomic E-state index is 13.2. The van der Waals surface area contributed by atoms with Crippen LogP contribution in [0.4, 0.5) is 0 Å². The summed E-state index contributed by atoms with van der Waals surface area (Å²) in [6, 6.07) is 15.0. The normalized spacial score (nSPS) is 14.6. The van der Waals surface area contributed by atoms with E-state index in [1.54, 1.807) is 12.1 Å². The molecule has 0 spiro atoms. The molecule has 2 aromatic heterocycles. The van der Waals surface area contributed by atoms with Crippen molar-refractivity contribution >= 4 is 34.3 Å². The second-order valence-corrected chi connectivity index (χ2v) is 8.72. The fourth-order valence-electron chi connectivity index (χ4n) is 3.86. The number of nitrogens with zero attached hydrogens (tertiary/aromatic N) is 4. The monoisotopic (exact) mass is 438 g/mol.